The predicted octanol–water partition coefficient (Wildman–Crippen LogP) is 2.16. The van der Waals surface area contributed by atoms with Crippen molar-refractivity contribution in [2.75, 3.05) is 6.61 Å². The zero-order valence-corrected chi connectivity index (χ0v) is 9.78. The van der Waals surface area contributed by atoms with Gasteiger partial charge in [-0.15, -0.1) is 0 Å². The fraction of sp³-hybridized carbons (Fsp3) is 0.769. The van der Waals surface area contributed by atoms with Crippen LogP contribution in [0.2, 0.25) is 0 Å². The maximum absolute atomic E-state index is 12.2. The summed E-state index contributed by atoms with van der Waals surface area (Å²) in [7, 11) is 0. The van der Waals surface area contributed by atoms with Crippen LogP contribution in [-0.2, 0) is 9.53 Å². The Labute approximate surface area is 97.0 Å². The highest BCUT2D eigenvalue weighted by atomic mass is 16.5. The lowest BCUT2D eigenvalue weighted by atomic mass is 9.89. The molecule has 2 rings (SSSR count). The molecule has 0 amide bonds. The normalized spacial score (nSPS) is 31.2. The molecule has 2 aliphatic rings. The summed E-state index contributed by atoms with van der Waals surface area (Å²) >= 11 is 0. The van der Waals surface area contributed by atoms with Gasteiger partial charge in [-0.05, 0) is 31.8 Å². The third-order valence-electron chi connectivity index (χ3n) is 3.58. The van der Waals surface area contributed by atoms with Crippen molar-refractivity contribution in [3.8, 4) is 0 Å². The number of rotatable bonds is 2. The predicted molar refractivity (Wildman–Crippen MR) is 62.8 cm³/mol. The molecular weight excluding hydrogens is 202 g/mol. The average Bonchev–Trinajstić information content (AvgIpc) is 2.54. The Balaban J connectivity index is 2.03. The molecule has 0 radical (unpaired) electrons. The summed E-state index contributed by atoms with van der Waals surface area (Å²) in [6.07, 6.45) is 9.31. The van der Waals surface area contributed by atoms with Crippen molar-refractivity contribution < 1.29 is 9.53 Å². The van der Waals surface area contributed by atoms with Gasteiger partial charge >= 0.3 is 0 Å². The molecule has 3 nitrogen and oxygen atoms in total. The number of hydrogen-bond donors (Lipinski definition) is 1. The smallest absolute Gasteiger partial charge is 0.201 e. The second kappa shape index (κ2) is 5.48. The first-order valence-electron chi connectivity index (χ1n) is 6.42. The molecule has 16 heavy (non-hydrogen) atoms. The SMILES string of the molecule is NC1CCCCCC1C(=O)C1=CCCCO1. The van der Waals surface area contributed by atoms with Crippen LogP contribution in [0.25, 0.3) is 0 Å². The molecule has 2 N–H and O–H groups in total. The fourth-order valence-electron chi connectivity index (χ4n) is 2.57. The molecule has 1 heterocycles. The van der Waals surface area contributed by atoms with Crippen LogP contribution in [0.15, 0.2) is 11.8 Å². The first kappa shape index (κ1) is 11.6. The molecule has 0 saturated heterocycles. The lowest BCUT2D eigenvalue weighted by Gasteiger charge is -2.23. The molecule has 2 atom stereocenters. The number of ketones is 1. The summed E-state index contributed by atoms with van der Waals surface area (Å²) in [4.78, 5) is 12.2. The van der Waals surface area contributed by atoms with E-state index in [2.05, 4.69) is 0 Å². The lowest BCUT2D eigenvalue weighted by molar-refractivity contribution is -0.123. The summed E-state index contributed by atoms with van der Waals surface area (Å²) in [5.41, 5.74) is 6.08. The molecule has 0 bridgehead atoms. The molecule has 1 aliphatic carbocycles. The summed E-state index contributed by atoms with van der Waals surface area (Å²) in [5, 5.41) is 0. The van der Waals surface area contributed by atoms with Gasteiger partial charge in [-0.3, -0.25) is 4.79 Å². The van der Waals surface area contributed by atoms with Crippen molar-refractivity contribution in [2.24, 2.45) is 11.7 Å². The number of nitrogens with two attached hydrogens (primary N) is 1. The highest BCUT2D eigenvalue weighted by Crippen LogP contribution is 2.26. The number of carbonyl (C=O) groups is 1. The van der Waals surface area contributed by atoms with Gasteiger partial charge in [0.05, 0.1) is 6.61 Å². The van der Waals surface area contributed by atoms with Crippen LogP contribution >= 0.6 is 0 Å². The summed E-state index contributed by atoms with van der Waals surface area (Å²) in [6.45, 7) is 0.680. The van der Waals surface area contributed by atoms with Crippen molar-refractivity contribution in [3.05, 3.63) is 11.8 Å². The van der Waals surface area contributed by atoms with Gasteiger partial charge in [0.1, 0.15) is 0 Å². The molecule has 1 saturated carbocycles. The van der Waals surface area contributed by atoms with Gasteiger partial charge in [-0.1, -0.05) is 19.3 Å². The van der Waals surface area contributed by atoms with Crippen molar-refractivity contribution in [3.63, 3.8) is 0 Å². The Morgan fingerprint density at radius 2 is 2.06 bits per heavy atom. The number of Topliss-reactive ketones (excluding diaryl/α,β-unsaturated/α-hetero) is 1. The second-order valence-corrected chi connectivity index (χ2v) is 4.83. The molecule has 0 aromatic carbocycles. The number of carbonyl (C=O) groups excluding carboxylic acids is 1. The zero-order valence-electron chi connectivity index (χ0n) is 9.78. The molecule has 1 aliphatic heterocycles. The zero-order chi connectivity index (χ0) is 11.4. The third kappa shape index (κ3) is 2.64. The van der Waals surface area contributed by atoms with E-state index in [0.29, 0.717) is 12.4 Å². The van der Waals surface area contributed by atoms with Gasteiger partial charge in [-0.25, -0.2) is 0 Å². The van der Waals surface area contributed by atoms with Crippen molar-refractivity contribution in [2.45, 2.75) is 51.0 Å². The van der Waals surface area contributed by atoms with Crippen LogP contribution < -0.4 is 5.73 Å². The van der Waals surface area contributed by atoms with Gasteiger partial charge in [-0.2, -0.15) is 0 Å². The molecular formula is C13H21NO2. The van der Waals surface area contributed by atoms with E-state index in [1.807, 2.05) is 6.08 Å². The minimum atomic E-state index is -0.00755. The van der Waals surface area contributed by atoms with E-state index in [0.717, 1.165) is 38.5 Å². The minimum absolute atomic E-state index is 0.00755. The molecule has 1 fully saturated rings. The van der Waals surface area contributed by atoms with Gasteiger partial charge in [0.25, 0.3) is 0 Å². The number of ether oxygens (including phenoxy) is 1. The van der Waals surface area contributed by atoms with E-state index in [9.17, 15) is 4.79 Å². The third-order valence-corrected chi connectivity index (χ3v) is 3.58. The number of allylic oxidation sites excluding steroid dienone is 2. The van der Waals surface area contributed by atoms with Crippen LogP contribution in [-0.4, -0.2) is 18.4 Å². The second-order valence-electron chi connectivity index (χ2n) is 4.83. The van der Waals surface area contributed by atoms with Gasteiger partial charge < -0.3 is 10.5 Å². The molecule has 0 aromatic heterocycles. The monoisotopic (exact) mass is 223 g/mol. The van der Waals surface area contributed by atoms with Gasteiger partial charge in [0, 0.05) is 12.0 Å². The Hall–Kier alpha value is -0.830. The van der Waals surface area contributed by atoms with Crippen molar-refractivity contribution in [1.29, 1.82) is 0 Å². The highest BCUT2D eigenvalue weighted by molar-refractivity contribution is 5.95. The lowest BCUT2D eigenvalue weighted by Crippen LogP contribution is -2.36. The van der Waals surface area contributed by atoms with E-state index in [1.165, 1.54) is 6.42 Å². The van der Waals surface area contributed by atoms with E-state index in [4.69, 9.17) is 10.5 Å². The van der Waals surface area contributed by atoms with Crippen LogP contribution in [0.3, 0.4) is 0 Å². The van der Waals surface area contributed by atoms with E-state index < -0.39 is 0 Å². The molecule has 2 unspecified atom stereocenters. The Morgan fingerprint density at radius 1 is 1.25 bits per heavy atom. The first-order valence-corrected chi connectivity index (χ1v) is 6.42. The Kier molecular flexibility index (Phi) is 3.99. The average molecular weight is 223 g/mol. The van der Waals surface area contributed by atoms with E-state index >= 15 is 0 Å². The topological polar surface area (TPSA) is 52.3 Å². The van der Waals surface area contributed by atoms with Crippen molar-refractivity contribution in [1.82, 2.24) is 0 Å². The quantitative estimate of drug-likeness (QED) is 0.730. The van der Waals surface area contributed by atoms with Crippen LogP contribution in [0, 0.1) is 5.92 Å². The van der Waals surface area contributed by atoms with E-state index in [1.54, 1.807) is 0 Å². The summed E-state index contributed by atoms with van der Waals surface area (Å²) in [5.74, 6) is 0.717. The molecule has 3 heteroatoms. The maximum atomic E-state index is 12.2. The van der Waals surface area contributed by atoms with Gasteiger partial charge in [0.2, 0.25) is 5.78 Å². The highest BCUT2D eigenvalue weighted by Gasteiger charge is 2.30. The van der Waals surface area contributed by atoms with Crippen LogP contribution in [0.4, 0.5) is 0 Å². The largest absolute Gasteiger partial charge is 0.490 e. The number of hydrogen-bond acceptors (Lipinski definition) is 3. The summed E-state index contributed by atoms with van der Waals surface area (Å²) < 4.78 is 5.44. The van der Waals surface area contributed by atoms with Crippen LogP contribution in [0.1, 0.15) is 44.9 Å². The maximum Gasteiger partial charge on any atom is 0.201 e. The fourth-order valence-corrected chi connectivity index (χ4v) is 2.57. The molecule has 90 valence electrons. The van der Waals surface area contributed by atoms with E-state index in [-0.39, 0.29) is 17.7 Å². The molecule has 0 aromatic rings. The first-order chi connectivity index (χ1) is 7.79. The van der Waals surface area contributed by atoms with Crippen molar-refractivity contribution >= 4 is 5.78 Å². The van der Waals surface area contributed by atoms with Gasteiger partial charge in [0.15, 0.2) is 5.76 Å². The summed E-state index contributed by atoms with van der Waals surface area (Å²) in [6, 6.07) is 0.0291. The standard InChI is InChI=1S/C13H21NO2/c14-11-7-3-1-2-6-10(11)13(15)12-8-4-5-9-16-12/h8,10-11H,1-7,9,14H2. The minimum Gasteiger partial charge on any atom is -0.490 e. The Bertz CT molecular complexity index is 286. The molecule has 0 spiro atoms. The van der Waals surface area contributed by atoms with Crippen LogP contribution in [0.5, 0.6) is 0 Å². The Morgan fingerprint density at radius 3 is 2.81 bits per heavy atom.